The Kier molecular flexibility index (Phi) is 4.98. The third-order valence-electron chi connectivity index (χ3n) is 2.72. The molecule has 4 nitrogen and oxygen atoms in total. The Hall–Kier alpha value is -0.730. The summed E-state index contributed by atoms with van der Waals surface area (Å²) in [6, 6.07) is 10.1. The molecule has 0 saturated carbocycles. The van der Waals surface area contributed by atoms with Gasteiger partial charge in [0, 0.05) is 11.4 Å². The summed E-state index contributed by atoms with van der Waals surface area (Å²) in [7, 11) is -3.57. The Morgan fingerprint density at radius 3 is 2.70 bits per heavy atom. The Labute approximate surface area is 130 Å². The predicted molar refractivity (Wildman–Crippen MR) is 83.1 cm³/mol. The van der Waals surface area contributed by atoms with Crippen LogP contribution in [0, 0.1) is 0 Å². The van der Waals surface area contributed by atoms with Crippen molar-refractivity contribution in [2.75, 3.05) is 0 Å². The van der Waals surface area contributed by atoms with Gasteiger partial charge >= 0.3 is 0 Å². The first-order valence-electron chi connectivity index (χ1n) is 5.90. The molecule has 1 aromatic heterocycles. The number of aliphatic hydroxyl groups excluding tert-OH is 1. The molecule has 0 radical (unpaired) electrons. The van der Waals surface area contributed by atoms with Gasteiger partial charge in [-0.2, -0.15) is 0 Å². The molecule has 1 aromatic carbocycles. The van der Waals surface area contributed by atoms with Crippen molar-refractivity contribution < 1.29 is 13.5 Å². The highest BCUT2D eigenvalue weighted by atomic mass is 79.9. The number of sulfonamides is 1. The Morgan fingerprint density at radius 2 is 2.10 bits per heavy atom. The van der Waals surface area contributed by atoms with Crippen LogP contribution in [0.4, 0.5) is 0 Å². The van der Waals surface area contributed by atoms with E-state index in [1.54, 1.807) is 19.1 Å². The van der Waals surface area contributed by atoms with Crippen LogP contribution in [0.5, 0.6) is 0 Å². The summed E-state index contributed by atoms with van der Waals surface area (Å²) in [5, 5.41) is 9.51. The third kappa shape index (κ3) is 3.89. The molecule has 1 heterocycles. The van der Waals surface area contributed by atoms with Crippen LogP contribution in [-0.2, 0) is 16.6 Å². The van der Waals surface area contributed by atoms with Gasteiger partial charge in [-0.15, -0.1) is 11.3 Å². The predicted octanol–water partition coefficient (Wildman–Crippen LogP) is 3.04. The highest BCUT2D eigenvalue weighted by molar-refractivity contribution is 9.11. The van der Waals surface area contributed by atoms with Crippen molar-refractivity contribution in [3.8, 4) is 0 Å². The van der Waals surface area contributed by atoms with E-state index in [2.05, 4.69) is 20.7 Å². The van der Waals surface area contributed by atoms with Crippen molar-refractivity contribution in [1.29, 1.82) is 0 Å². The number of hydrogen-bond donors (Lipinski definition) is 2. The van der Waals surface area contributed by atoms with Crippen LogP contribution in [0.2, 0.25) is 0 Å². The number of nitrogens with one attached hydrogen (secondary N) is 1. The lowest BCUT2D eigenvalue weighted by atomic mass is 10.1. The summed E-state index contributed by atoms with van der Waals surface area (Å²) in [6.07, 6.45) is -0.696. The quantitative estimate of drug-likeness (QED) is 0.843. The van der Waals surface area contributed by atoms with Crippen LogP contribution in [-0.4, -0.2) is 13.5 Å². The zero-order valence-corrected chi connectivity index (χ0v) is 13.9. The van der Waals surface area contributed by atoms with E-state index < -0.39 is 16.1 Å². The summed E-state index contributed by atoms with van der Waals surface area (Å²) >= 11 is 4.82. The highest BCUT2D eigenvalue weighted by Crippen LogP contribution is 2.22. The second-order valence-electron chi connectivity index (χ2n) is 4.28. The van der Waals surface area contributed by atoms with E-state index in [9.17, 15) is 13.5 Å². The summed E-state index contributed by atoms with van der Waals surface area (Å²) in [5.41, 5.74) is 0.576. The van der Waals surface area contributed by atoms with Gasteiger partial charge in [0.25, 0.3) is 0 Å². The Balaban J connectivity index is 2.15. The molecule has 0 amide bonds. The van der Waals surface area contributed by atoms with E-state index in [4.69, 9.17) is 0 Å². The molecule has 7 heteroatoms. The fourth-order valence-electron chi connectivity index (χ4n) is 1.64. The molecule has 0 spiro atoms. The lowest BCUT2D eigenvalue weighted by molar-refractivity contribution is 0.199. The molecule has 2 aromatic rings. The van der Waals surface area contributed by atoms with Crippen molar-refractivity contribution >= 4 is 37.3 Å². The lowest BCUT2D eigenvalue weighted by Crippen LogP contribution is -2.22. The van der Waals surface area contributed by atoms with E-state index in [0.717, 1.165) is 8.66 Å². The van der Waals surface area contributed by atoms with Gasteiger partial charge in [-0.3, -0.25) is 0 Å². The standard InChI is InChI=1S/C13H14BrNO3S2/c1-9(16)10-3-2-4-12(7-10)20(17,18)15-8-11-5-6-13(14)19-11/h2-7,9,15-16H,8H2,1H3. The molecule has 2 N–H and O–H groups in total. The van der Waals surface area contributed by atoms with Crippen LogP contribution >= 0.6 is 27.3 Å². The van der Waals surface area contributed by atoms with E-state index in [0.29, 0.717) is 5.56 Å². The SMILES string of the molecule is CC(O)c1cccc(S(=O)(=O)NCc2ccc(Br)s2)c1. The zero-order valence-electron chi connectivity index (χ0n) is 10.7. The number of thiophene rings is 1. The van der Waals surface area contributed by atoms with Crippen LogP contribution < -0.4 is 4.72 Å². The van der Waals surface area contributed by atoms with Crippen molar-refractivity contribution in [2.24, 2.45) is 0 Å². The number of rotatable bonds is 5. The Morgan fingerprint density at radius 1 is 1.35 bits per heavy atom. The number of benzene rings is 1. The molecule has 108 valence electrons. The van der Waals surface area contributed by atoms with Gasteiger partial charge in [-0.05, 0) is 52.7 Å². The first-order chi connectivity index (χ1) is 9.38. The van der Waals surface area contributed by atoms with E-state index in [1.807, 2.05) is 12.1 Å². The van der Waals surface area contributed by atoms with Gasteiger partial charge in [-0.1, -0.05) is 12.1 Å². The molecular formula is C13H14BrNO3S2. The Bertz CT molecular complexity index is 695. The summed E-state index contributed by atoms with van der Waals surface area (Å²) in [4.78, 5) is 1.08. The molecular weight excluding hydrogens is 362 g/mol. The van der Waals surface area contributed by atoms with E-state index in [-0.39, 0.29) is 11.4 Å². The fourth-order valence-corrected chi connectivity index (χ4v) is 4.21. The van der Waals surface area contributed by atoms with Gasteiger partial charge < -0.3 is 5.11 Å². The maximum atomic E-state index is 12.2. The molecule has 0 aliphatic heterocycles. The maximum absolute atomic E-state index is 12.2. The minimum absolute atomic E-state index is 0.159. The maximum Gasteiger partial charge on any atom is 0.240 e. The lowest BCUT2D eigenvalue weighted by Gasteiger charge is -2.09. The number of hydrogen-bond acceptors (Lipinski definition) is 4. The van der Waals surface area contributed by atoms with Crippen molar-refractivity contribution in [3.05, 3.63) is 50.6 Å². The number of halogens is 1. The van der Waals surface area contributed by atoms with Crippen molar-refractivity contribution in [1.82, 2.24) is 4.72 Å². The molecule has 1 unspecified atom stereocenters. The average molecular weight is 376 g/mol. The smallest absolute Gasteiger partial charge is 0.240 e. The summed E-state index contributed by atoms with van der Waals surface area (Å²) in [6.45, 7) is 1.85. The normalized spacial score (nSPS) is 13.3. The van der Waals surface area contributed by atoms with Gasteiger partial charge in [0.2, 0.25) is 10.0 Å². The zero-order chi connectivity index (χ0) is 14.8. The van der Waals surface area contributed by atoms with Crippen molar-refractivity contribution in [2.45, 2.75) is 24.5 Å². The van der Waals surface area contributed by atoms with E-state index in [1.165, 1.54) is 23.5 Å². The molecule has 0 aliphatic rings. The summed E-state index contributed by atoms with van der Waals surface area (Å²) < 4.78 is 27.9. The van der Waals surface area contributed by atoms with Crippen LogP contribution in [0.15, 0.2) is 45.1 Å². The highest BCUT2D eigenvalue weighted by Gasteiger charge is 2.15. The molecule has 0 fully saturated rings. The largest absolute Gasteiger partial charge is 0.389 e. The molecule has 0 bridgehead atoms. The third-order valence-corrected chi connectivity index (χ3v) is 5.74. The number of aliphatic hydroxyl groups is 1. The average Bonchev–Trinajstić information content (AvgIpc) is 2.82. The monoisotopic (exact) mass is 375 g/mol. The molecule has 20 heavy (non-hydrogen) atoms. The summed E-state index contributed by atoms with van der Waals surface area (Å²) in [5.74, 6) is 0. The van der Waals surface area contributed by atoms with Gasteiger partial charge in [0.05, 0.1) is 14.8 Å². The second-order valence-corrected chi connectivity index (χ2v) is 8.59. The second kappa shape index (κ2) is 6.36. The van der Waals surface area contributed by atoms with Crippen molar-refractivity contribution in [3.63, 3.8) is 0 Å². The molecule has 0 aliphatic carbocycles. The molecule has 1 atom stereocenters. The minimum Gasteiger partial charge on any atom is -0.389 e. The van der Waals surface area contributed by atoms with Crippen LogP contribution in [0.25, 0.3) is 0 Å². The van der Waals surface area contributed by atoms with Gasteiger partial charge in [-0.25, -0.2) is 13.1 Å². The molecule has 0 saturated heterocycles. The fraction of sp³-hybridized carbons (Fsp3) is 0.231. The minimum atomic E-state index is -3.57. The van der Waals surface area contributed by atoms with E-state index >= 15 is 0 Å². The van der Waals surface area contributed by atoms with Crippen LogP contribution in [0.1, 0.15) is 23.5 Å². The molecule has 2 rings (SSSR count). The first kappa shape index (κ1) is 15.7. The van der Waals surface area contributed by atoms with Gasteiger partial charge in [0.15, 0.2) is 0 Å². The first-order valence-corrected chi connectivity index (χ1v) is 8.99. The van der Waals surface area contributed by atoms with Crippen LogP contribution in [0.3, 0.4) is 0 Å². The topological polar surface area (TPSA) is 66.4 Å². The van der Waals surface area contributed by atoms with Gasteiger partial charge in [0.1, 0.15) is 0 Å².